The third-order valence-corrected chi connectivity index (χ3v) is 5.38. The lowest BCUT2D eigenvalue weighted by Gasteiger charge is -2.41. The van der Waals surface area contributed by atoms with Gasteiger partial charge >= 0.3 is 0 Å². The summed E-state index contributed by atoms with van der Waals surface area (Å²) in [6.07, 6.45) is 1.08. The molecule has 0 aliphatic carbocycles. The molecule has 1 aliphatic heterocycles. The number of primary amides is 1. The molecule has 8 heteroatoms. The summed E-state index contributed by atoms with van der Waals surface area (Å²) < 4.78 is 32.7. The van der Waals surface area contributed by atoms with Crippen molar-refractivity contribution in [2.75, 3.05) is 19.7 Å². The molecule has 1 saturated heterocycles. The third-order valence-electron chi connectivity index (χ3n) is 5.13. The van der Waals surface area contributed by atoms with Gasteiger partial charge in [-0.05, 0) is 49.2 Å². The number of piperidine rings is 1. The van der Waals surface area contributed by atoms with E-state index >= 15 is 0 Å². The second kappa shape index (κ2) is 8.78. The van der Waals surface area contributed by atoms with Crippen molar-refractivity contribution in [1.29, 1.82) is 0 Å². The number of rotatable bonds is 6. The van der Waals surface area contributed by atoms with Gasteiger partial charge in [-0.15, -0.1) is 0 Å². The summed E-state index contributed by atoms with van der Waals surface area (Å²) >= 11 is 5.87. The predicted molar refractivity (Wildman–Crippen MR) is 105 cm³/mol. The van der Waals surface area contributed by atoms with Crippen molar-refractivity contribution in [3.63, 3.8) is 0 Å². The summed E-state index contributed by atoms with van der Waals surface area (Å²) in [6, 6.07) is 9.63. The van der Waals surface area contributed by atoms with Crippen molar-refractivity contribution in [3.8, 4) is 5.75 Å². The van der Waals surface area contributed by atoms with Crippen LogP contribution in [0.2, 0.25) is 5.02 Å². The molecule has 2 aromatic rings. The Morgan fingerprint density at radius 1 is 1.07 bits per heavy atom. The number of carbonyl (C=O) groups excluding carboxylic acids is 2. The molecular formula is C21H21ClF2N2O3. The lowest BCUT2D eigenvalue weighted by molar-refractivity contribution is -0.121. The maximum Gasteiger partial charge on any atom is 0.254 e. The average Bonchev–Trinajstić information content (AvgIpc) is 2.66. The lowest BCUT2D eigenvalue weighted by Crippen LogP contribution is -2.47. The number of ether oxygens (including phenoxy) is 1. The lowest BCUT2D eigenvalue weighted by atomic mass is 9.76. The summed E-state index contributed by atoms with van der Waals surface area (Å²) in [4.78, 5) is 25.8. The number of hydrogen-bond acceptors (Lipinski definition) is 3. The van der Waals surface area contributed by atoms with Gasteiger partial charge in [-0.1, -0.05) is 11.6 Å². The number of hydrogen-bond donors (Lipinski definition) is 1. The minimum atomic E-state index is -0.801. The highest BCUT2D eigenvalue weighted by atomic mass is 35.5. The van der Waals surface area contributed by atoms with Crippen LogP contribution in [0.25, 0.3) is 0 Å². The van der Waals surface area contributed by atoms with E-state index < -0.39 is 28.9 Å². The van der Waals surface area contributed by atoms with E-state index in [1.54, 1.807) is 24.3 Å². The molecule has 0 radical (unpaired) electrons. The number of nitrogens with two attached hydrogens (primary N) is 1. The quantitative estimate of drug-likeness (QED) is 0.769. The monoisotopic (exact) mass is 422 g/mol. The second-order valence-corrected chi connectivity index (χ2v) is 7.77. The third kappa shape index (κ3) is 5.44. The zero-order chi connectivity index (χ0) is 21.0. The van der Waals surface area contributed by atoms with Crippen molar-refractivity contribution in [1.82, 2.24) is 4.90 Å². The van der Waals surface area contributed by atoms with Crippen LogP contribution >= 0.6 is 11.6 Å². The predicted octanol–water partition coefficient (Wildman–Crippen LogP) is 3.80. The van der Waals surface area contributed by atoms with Crippen LogP contribution in [0.15, 0.2) is 42.5 Å². The number of amides is 2. The minimum Gasteiger partial charge on any atom is -0.493 e. The fraction of sp³-hybridized carbons (Fsp3) is 0.333. The molecule has 0 bridgehead atoms. The summed E-state index contributed by atoms with van der Waals surface area (Å²) in [5, 5.41) is 0.588. The highest BCUT2D eigenvalue weighted by molar-refractivity contribution is 6.30. The van der Waals surface area contributed by atoms with E-state index in [9.17, 15) is 18.4 Å². The standard InChI is InChI=1S/C21H21ClF2N2O3/c22-15-1-3-18(4-2-15)29-13-21(12-19(25)27)5-7-26(8-6-21)20(28)14-9-16(23)11-17(24)10-14/h1-4,9-11H,5-8,12-13H2,(H2,25,27). The molecule has 1 heterocycles. The zero-order valence-electron chi connectivity index (χ0n) is 15.7. The molecule has 2 N–H and O–H groups in total. The van der Waals surface area contributed by atoms with Crippen molar-refractivity contribution >= 4 is 23.4 Å². The molecule has 5 nitrogen and oxygen atoms in total. The Labute approximate surface area is 172 Å². The smallest absolute Gasteiger partial charge is 0.254 e. The largest absolute Gasteiger partial charge is 0.493 e. The van der Waals surface area contributed by atoms with E-state index in [-0.39, 0.29) is 18.6 Å². The first-order valence-electron chi connectivity index (χ1n) is 9.18. The fourth-order valence-electron chi connectivity index (χ4n) is 3.55. The van der Waals surface area contributed by atoms with Gasteiger partial charge in [0.15, 0.2) is 0 Å². The van der Waals surface area contributed by atoms with Gasteiger partial charge in [0.2, 0.25) is 5.91 Å². The number of carbonyl (C=O) groups is 2. The van der Waals surface area contributed by atoms with E-state index in [1.807, 2.05) is 0 Å². The Hall–Kier alpha value is -2.67. The number of likely N-dealkylation sites (tertiary alicyclic amines) is 1. The van der Waals surface area contributed by atoms with Crippen LogP contribution in [0.1, 0.15) is 29.6 Å². The van der Waals surface area contributed by atoms with E-state index in [4.69, 9.17) is 22.1 Å². The van der Waals surface area contributed by atoms with E-state index in [0.29, 0.717) is 36.7 Å². The van der Waals surface area contributed by atoms with Crippen molar-refractivity contribution in [3.05, 3.63) is 64.7 Å². The number of benzene rings is 2. The summed E-state index contributed by atoms with van der Waals surface area (Å²) in [5.41, 5.74) is 4.88. The molecule has 0 unspecified atom stereocenters. The topological polar surface area (TPSA) is 72.6 Å². The first-order chi connectivity index (χ1) is 13.8. The average molecular weight is 423 g/mol. The van der Waals surface area contributed by atoms with Gasteiger partial charge in [0.05, 0.1) is 6.61 Å². The van der Waals surface area contributed by atoms with Crippen LogP contribution < -0.4 is 10.5 Å². The fourth-order valence-corrected chi connectivity index (χ4v) is 3.68. The summed E-state index contributed by atoms with van der Waals surface area (Å²) in [7, 11) is 0. The number of nitrogens with zero attached hydrogens (tertiary/aromatic N) is 1. The molecule has 0 atom stereocenters. The highest BCUT2D eigenvalue weighted by Crippen LogP contribution is 2.36. The number of halogens is 3. The molecule has 0 spiro atoms. The Morgan fingerprint density at radius 3 is 2.21 bits per heavy atom. The Kier molecular flexibility index (Phi) is 6.37. The van der Waals surface area contributed by atoms with Crippen molar-refractivity contribution in [2.45, 2.75) is 19.3 Å². The molecule has 2 aromatic carbocycles. The van der Waals surface area contributed by atoms with E-state index in [0.717, 1.165) is 18.2 Å². The second-order valence-electron chi connectivity index (χ2n) is 7.34. The van der Waals surface area contributed by atoms with Crippen LogP contribution in [-0.2, 0) is 4.79 Å². The van der Waals surface area contributed by atoms with E-state index in [1.165, 1.54) is 4.90 Å². The van der Waals surface area contributed by atoms with Gasteiger partial charge in [-0.25, -0.2) is 8.78 Å². The SMILES string of the molecule is NC(=O)CC1(COc2ccc(Cl)cc2)CCN(C(=O)c2cc(F)cc(F)c2)CC1. The molecule has 2 amide bonds. The van der Waals surface area contributed by atoms with E-state index in [2.05, 4.69) is 0 Å². The van der Waals surface area contributed by atoms with Gasteiger partial charge in [0.25, 0.3) is 5.91 Å². The summed E-state index contributed by atoms with van der Waals surface area (Å²) in [6.45, 7) is 0.913. The zero-order valence-corrected chi connectivity index (χ0v) is 16.4. The molecule has 3 rings (SSSR count). The normalized spacial score (nSPS) is 15.8. The molecule has 1 fully saturated rings. The van der Waals surface area contributed by atoms with Crippen molar-refractivity contribution < 1.29 is 23.1 Å². The highest BCUT2D eigenvalue weighted by Gasteiger charge is 2.38. The molecular weight excluding hydrogens is 402 g/mol. The van der Waals surface area contributed by atoms with Gasteiger partial charge < -0.3 is 15.4 Å². The van der Waals surface area contributed by atoms with Gasteiger partial charge in [0.1, 0.15) is 17.4 Å². The molecule has 0 saturated carbocycles. The maximum absolute atomic E-state index is 13.4. The van der Waals surface area contributed by atoms with Crippen LogP contribution in [0.4, 0.5) is 8.78 Å². The first-order valence-corrected chi connectivity index (χ1v) is 9.56. The van der Waals surface area contributed by atoms with Crippen LogP contribution in [0, 0.1) is 17.0 Å². The first kappa shape index (κ1) is 21.0. The van der Waals surface area contributed by atoms with Crippen LogP contribution in [0.3, 0.4) is 0 Å². The van der Waals surface area contributed by atoms with Crippen LogP contribution in [-0.4, -0.2) is 36.4 Å². The van der Waals surface area contributed by atoms with Crippen LogP contribution in [0.5, 0.6) is 5.75 Å². The molecule has 1 aliphatic rings. The molecule has 0 aromatic heterocycles. The maximum atomic E-state index is 13.4. The van der Waals surface area contributed by atoms with Gasteiger partial charge in [0, 0.05) is 41.6 Å². The van der Waals surface area contributed by atoms with Crippen molar-refractivity contribution in [2.24, 2.45) is 11.1 Å². The Morgan fingerprint density at radius 2 is 1.66 bits per heavy atom. The Balaban J connectivity index is 1.67. The molecule has 154 valence electrons. The Bertz CT molecular complexity index is 877. The molecule has 29 heavy (non-hydrogen) atoms. The van der Waals surface area contributed by atoms with Gasteiger partial charge in [-0.2, -0.15) is 0 Å². The minimum absolute atomic E-state index is 0.0395. The summed E-state index contributed by atoms with van der Waals surface area (Å²) in [5.74, 6) is -1.88. The van der Waals surface area contributed by atoms with Gasteiger partial charge in [-0.3, -0.25) is 9.59 Å².